The van der Waals surface area contributed by atoms with Gasteiger partial charge in [0.15, 0.2) is 11.5 Å². The topological polar surface area (TPSA) is 60.5 Å². The van der Waals surface area contributed by atoms with E-state index in [1.807, 2.05) is 32.0 Å². The molecule has 0 saturated carbocycles. The van der Waals surface area contributed by atoms with Crippen molar-refractivity contribution in [3.05, 3.63) is 45.4 Å². The van der Waals surface area contributed by atoms with E-state index in [1.165, 1.54) is 6.08 Å². The fourth-order valence-electron chi connectivity index (χ4n) is 2.15. The van der Waals surface area contributed by atoms with E-state index in [9.17, 15) is 4.79 Å². The summed E-state index contributed by atoms with van der Waals surface area (Å²) in [5, 5.41) is 3.88. The molecular weight excluding hydrogens is 300 g/mol. The molecule has 1 N–H and O–H groups in total. The fourth-order valence-corrected chi connectivity index (χ4v) is 3.03. The summed E-state index contributed by atoms with van der Waals surface area (Å²) < 4.78 is 10.6. The largest absolute Gasteiger partial charge is 0.454 e. The van der Waals surface area contributed by atoms with Gasteiger partial charge in [0, 0.05) is 11.0 Å². The molecule has 3 rings (SSSR count). The van der Waals surface area contributed by atoms with Gasteiger partial charge < -0.3 is 14.8 Å². The van der Waals surface area contributed by atoms with Gasteiger partial charge in [0.2, 0.25) is 12.7 Å². The van der Waals surface area contributed by atoms with Gasteiger partial charge in [-0.05, 0) is 37.6 Å². The first kappa shape index (κ1) is 14.6. The van der Waals surface area contributed by atoms with E-state index in [-0.39, 0.29) is 12.7 Å². The van der Waals surface area contributed by atoms with Crippen molar-refractivity contribution in [2.75, 3.05) is 6.79 Å². The SMILES string of the molecule is Cc1nc(C)c(CNC(=O)/C=C/c2ccc3c(c2)OCO3)s1. The molecule has 0 spiro atoms. The summed E-state index contributed by atoms with van der Waals surface area (Å²) in [5.41, 5.74) is 1.87. The van der Waals surface area contributed by atoms with Crippen LogP contribution in [0.3, 0.4) is 0 Å². The Morgan fingerprint density at radius 1 is 1.36 bits per heavy atom. The maximum absolute atomic E-state index is 11.9. The number of carbonyl (C=O) groups excluding carboxylic acids is 1. The molecule has 0 aliphatic carbocycles. The zero-order valence-corrected chi connectivity index (χ0v) is 13.2. The maximum Gasteiger partial charge on any atom is 0.244 e. The van der Waals surface area contributed by atoms with Gasteiger partial charge in [-0.3, -0.25) is 4.79 Å². The molecule has 1 aliphatic heterocycles. The van der Waals surface area contributed by atoms with Crippen LogP contribution in [0, 0.1) is 13.8 Å². The first-order chi connectivity index (χ1) is 10.6. The Labute approximate surface area is 132 Å². The second-order valence-corrected chi connectivity index (χ2v) is 6.19. The number of nitrogens with one attached hydrogen (secondary N) is 1. The minimum atomic E-state index is -0.136. The van der Waals surface area contributed by atoms with Gasteiger partial charge in [0.1, 0.15) is 0 Å². The van der Waals surface area contributed by atoms with Crippen molar-refractivity contribution in [2.45, 2.75) is 20.4 Å². The summed E-state index contributed by atoms with van der Waals surface area (Å²) in [6.45, 7) is 4.66. The lowest BCUT2D eigenvalue weighted by Gasteiger charge is -2.01. The van der Waals surface area contributed by atoms with E-state index in [2.05, 4.69) is 10.3 Å². The standard InChI is InChI=1S/C16H16N2O3S/c1-10-15(22-11(2)18-10)8-17-16(19)6-4-12-3-5-13-14(7-12)21-9-20-13/h3-7H,8-9H2,1-2H3,(H,17,19)/b6-4+. The van der Waals surface area contributed by atoms with Gasteiger partial charge in [-0.1, -0.05) is 6.07 Å². The molecule has 22 heavy (non-hydrogen) atoms. The highest BCUT2D eigenvalue weighted by atomic mass is 32.1. The predicted octanol–water partition coefficient (Wildman–Crippen LogP) is 2.82. The number of nitrogens with zero attached hydrogens (tertiary/aromatic N) is 1. The molecule has 0 atom stereocenters. The summed E-state index contributed by atoms with van der Waals surface area (Å²) in [4.78, 5) is 17.3. The molecule has 1 aromatic carbocycles. The lowest BCUT2D eigenvalue weighted by atomic mass is 10.2. The van der Waals surface area contributed by atoms with Crippen LogP contribution < -0.4 is 14.8 Å². The van der Waals surface area contributed by atoms with E-state index < -0.39 is 0 Å². The quantitative estimate of drug-likeness (QED) is 0.881. The predicted molar refractivity (Wildman–Crippen MR) is 85.0 cm³/mol. The number of hydrogen-bond donors (Lipinski definition) is 1. The number of hydrogen-bond acceptors (Lipinski definition) is 5. The monoisotopic (exact) mass is 316 g/mol. The summed E-state index contributed by atoms with van der Waals surface area (Å²) >= 11 is 1.60. The van der Waals surface area contributed by atoms with Crippen molar-refractivity contribution in [2.24, 2.45) is 0 Å². The van der Waals surface area contributed by atoms with Crippen molar-refractivity contribution in [3.63, 3.8) is 0 Å². The molecule has 1 aliphatic rings. The Kier molecular flexibility index (Phi) is 4.11. The maximum atomic E-state index is 11.9. The van der Waals surface area contributed by atoms with E-state index in [0.717, 1.165) is 26.9 Å². The smallest absolute Gasteiger partial charge is 0.244 e. The van der Waals surface area contributed by atoms with Crippen LogP contribution in [0.1, 0.15) is 21.1 Å². The van der Waals surface area contributed by atoms with Crippen molar-refractivity contribution < 1.29 is 14.3 Å². The van der Waals surface area contributed by atoms with Gasteiger partial charge in [0.05, 0.1) is 17.2 Å². The number of thiazole rings is 1. The Morgan fingerprint density at radius 2 is 2.18 bits per heavy atom. The molecule has 0 bridgehead atoms. The van der Waals surface area contributed by atoms with Crippen LogP contribution >= 0.6 is 11.3 Å². The van der Waals surface area contributed by atoms with Gasteiger partial charge >= 0.3 is 0 Å². The van der Waals surface area contributed by atoms with Crippen LogP contribution in [-0.4, -0.2) is 17.7 Å². The molecule has 2 heterocycles. The number of rotatable bonds is 4. The lowest BCUT2D eigenvalue weighted by Crippen LogP contribution is -2.20. The van der Waals surface area contributed by atoms with Gasteiger partial charge in [-0.15, -0.1) is 11.3 Å². The van der Waals surface area contributed by atoms with Gasteiger partial charge in [-0.2, -0.15) is 0 Å². The minimum absolute atomic E-state index is 0.136. The average molecular weight is 316 g/mol. The zero-order valence-electron chi connectivity index (χ0n) is 12.4. The van der Waals surface area contributed by atoms with E-state index >= 15 is 0 Å². The zero-order chi connectivity index (χ0) is 15.5. The highest BCUT2D eigenvalue weighted by Gasteiger charge is 2.12. The number of benzene rings is 1. The van der Waals surface area contributed by atoms with Crippen molar-refractivity contribution in [1.82, 2.24) is 10.3 Å². The second kappa shape index (κ2) is 6.19. The molecule has 5 nitrogen and oxygen atoms in total. The number of aryl methyl sites for hydroxylation is 2. The molecule has 0 saturated heterocycles. The Bertz CT molecular complexity index is 737. The highest BCUT2D eigenvalue weighted by Crippen LogP contribution is 2.32. The minimum Gasteiger partial charge on any atom is -0.454 e. The molecule has 0 unspecified atom stereocenters. The third kappa shape index (κ3) is 3.28. The summed E-state index contributed by atoms with van der Waals surface area (Å²) in [5.74, 6) is 1.30. The Hall–Kier alpha value is -2.34. The Balaban J connectivity index is 1.58. The normalized spacial score (nSPS) is 12.8. The highest BCUT2D eigenvalue weighted by molar-refractivity contribution is 7.11. The Morgan fingerprint density at radius 3 is 2.95 bits per heavy atom. The van der Waals surface area contributed by atoms with Crippen LogP contribution in [0.2, 0.25) is 0 Å². The van der Waals surface area contributed by atoms with Crippen molar-refractivity contribution in [1.29, 1.82) is 0 Å². The van der Waals surface area contributed by atoms with Crippen LogP contribution in [-0.2, 0) is 11.3 Å². The van der Waals surface area contributed by atoms with E-state index in [1.54, 1.807) is 17.4 Å². The third-order valence-corrected chi connectivity index (χ3v) is 4.32. The number of amides is 1. The summed E-state index contributed by atoms with van der Waals surface area (Å²) in [6, 6.07) is 5.57. The van der Waals surface area contributed by atoms with Crippen LogP contribution in [0.25, 0.3) is 6.08 Å². The number of carbonyl (C=O) groups is 1. The lowest BCUT2D eigenvalue weighted by molar-refractivity contribution is -0.116. The summed E-state index contributed by atoms with van der Waals surface area (Å²) in [7, 11) is 0. The fraction of sp³-hybridized carbons (Fsp3) is 0.250. The summed E-state index contributed by atoms with van der Waals surface area (Å²) in [6.07, 6.45) is 3.27. The van der Waals surface area contributed by atoms with Crippen molar-refractivity contribution in [3.8, 4) is 11.5 Å². The van der Waals surface area contributed by atoms with Gasteiger partial charge in [-0.25, -0.2) is 4.98 Å². The first-order valence-corrected chi connectivity index (χ1v) is 7.72. The van der Waals surface area contributed by atoms with Crippen LogP contribution in [0.5, 0.6) is 11.5 Å². The molecule has 6 heteroatoms. The second-order valence-electron chi connectivity index (χ2n) is 4.91. The molecule has 1 amide bonds. The number of aromatic nitrogens is 1. The molecule has 0 radical (unpaired) electrons. The third-order valence-electron chi connectivity index (χ3n) is 3.25. The van der Waals surface area contributed by atoms with Crippen LogP contribution in [0.15, 0.2) is 24.3 Å². The van der Waals surface area contributed by atoms with Gasteiger partial charge in [0.25, 0.3) is 0 Å². The van der Waals surface area contributed by atoms with E-state index in [0.29, 0.717) is 12.3 Å². The van der Waals surface area contributed by atoms with E-state index in [4.69, 9.17) is 9.47 Å². The van der Waals surface area contributed by atoms with Crippen LogP contribution in [0.4, 0.5) is 0 Å². The molecular formula is C16H16N2O3S. The van der Waals surface area contributed by atoms with Crippen molar-refractivity contribution >= 4 is 23.3 Å². The molecule has 0 fully saturated rings. The first-order valence-electron chi connectivity index (χ1n) is 6.90. The average Bonchev–Trinajstić information content (AvgIpc) is 3.08. The number of ether oxygens (including phenoxy) is 2. The molecule has 1 aromatic heterocycles. The molecule has 2 aromatic rings. The molecule has 114 valence electrons. The number of fused-ring (bicyclic) bond motifs is 1.